The SMILES string of the molecule is O=C(c1ncc(F)cc1F)N(CCCO)C1CCCCC1. The number of amides is 1. The number of hydrogen-bond acceptors (Lipinski definition) is 3. The molecule has 1 N–H and O–H groups in total. The van der Waals surface area contributed by atoms with Crippen LogP contribution in [-0.2, 0) is 0 Å². The van der Waals surface area contributed by atoms with Crippen molar-refractivity contribution in [3.8, 4) is 0 Å². The first-order chi connectivity index (χ1) is 10.1. The van der Waals surface area contributed by atoms with Gasteiger partial charge in [-0.3, -0.25) is 4.79 Å². The minimum Gasteiger partial charge on any atom is -0.396 e. The van der Waals surface area contributed by atoms with Crippen LogP contribution >= 0.6 is 0 Å². The van der Waals surface area contributed by atoms with E-state index in [-0.39, 0.29) is 18.3 Å². The van der Waals surface area contributed by atoms with Crippen molar-refractivity contribution in [2.45, 2.75) is 44.6 Å². The average molecular weight is 298 g/mol. The largest absolute Gasteiger partial charge is 0.396 e. The maximum atomic E-state index is 13.8. The van der Waals surface area contributed by atoms with Crippen LogP contribution in [0.1, 0.15) is 49.0 Å². The predicted octanol–water partition coefficient (Wildman–Crippen LogP) is 2.52. The van der Waals surface area contributed by atoms with E-state index in [1.54, 1.807) is 4.90 Å². The molecule has 1 saturated carbocycles. The molecular formula is C15H20F2N2O2. The van der Waals surface area contributed by atoms with E-state index in [0.29, 0.717) is 19.0 Å². The molecule has 1 aromatic heterocycles. The molecule has 116 valence electrons. The summed E-state index contributed by atoms with van der Waals surface area (Å²) in [6, 6.07) is 0.717. The Balaban J connectivity index is 2.19. The van der Waals surface area contributed by atoms with E-state index in [0.717, 1.165) is 38.3 Å². The van der Waals surface area contributed by atoms with E-state index in [4.69, 9.17) is 5.11 Å². The van der Waals surface area contributed by atoms with Crippen molar-refractivity contribution < 1.29 is 18.7 Å². The number of hydrogen-bond donors (Lipinski definition) is 1. The first kappa shape index (κ1) is 15.8. The van der Waals surface area contributed by atoms with Crippen LogP contribution in [0.4, 0.5) is 8.78 Å². The van der Waals surface area contributed by atoms with Crippen LogP contribution in [-0.4, -0.2) is 40.1 Å². The van der Waals surface area contributed by atoms with E-state index >= 15 is 0 Å². The lowest BCUT2D eigenvalue weighted by atomic mass is 9.93. The normalized spacial score (nSPS) is 16.0. The number of aliphatic hydroxyl groups excluding tert-OH is 1. The Kier molecular flexibility index (Phi) is 5.61. The maximum Gasteiger partial charge on any atom is 0.275 e. The molecule has 1 heterocycles. The van der Waals surface area contributed by atoms with Crippen molar-refractivity contribution in [3.05, 3.63) is 29.6 Å². The quantitative estimate of drug-likeness (QED) is 0.909. The number of rotatable bonds is 5. The van der Waals surface area contributed by atoms with Crippen LogP contribution in [0.25, 0.3) is 0 Å². The van der Waals surface area contributed by atoms with E-state index < -0.39 is 17.5 Å². The average Bonchev–Trinajstić information content (AvgIpc) is 2.48. The van der Waals surface area contributed by atoms with Gasteiger partial charge in [0.05, 0.1) is 6.20 Å². The molecule has 0 saturated heterocycles. The Labute approximate surface area is 122 Å². The summed E-state index contributed by atoms with van der Waals surface area (Å²) in [5.41, 5.74) is -0.347. The zero-order chi connectivity index (χ0) is 15.2. The molecule has 1 aromatic rings. The van der Waals surface area contributed by atoms with Crippen LogP contribution in [0, 0.1) is 11.6 Å². The molecular weight excluding hydrogens is 278 g/mol. The molecule has 1 aliphatic rings. The Morgan fingerprint density at radius 1 is 1.33 bits per heavy atom. The maximum absolute atomic E-state index is 13.8. The second-order valence-electron chi connectivity index (χ2n) is 5.35. The van der Waals surface area contributed by atoms with Crippen molar-refractivity contribution in [2.75, 3.05) is 13.2 Å². The summed E-state index contributed by atoms with van der Waals surface area (Å²) in [6.45, 7) is 0.328. The number of halogens is 2. The van der Waals surface area contributed by atoms with Crippen LogP contribution in [0.5, 0.6) is 0 Å². The highest BCUT2D eigenvalue weighted by atomic mass is 19.1. The Morgan fingerprint density at radius 3 is 2.67 bits per heavy atom. The van der Waals surface area contributed by atoms with Gasteiger partial charge in [-0.1, -0.05) is 19.3 Å². The molecule has 0 unspecified atom stereocenters. The number of nitrogens with zero attached hydrogens (tertiary/aromatic N) is 2. The second kappa shape index (κ2) is 7.45. The Bertz CT molecular complexity index is 491. The summed E-state index contributed by atoms with van der Waals surface area (Å²) in [4.78, 5) is 17.7. The molecule has 0 radical (unpaired) electrons. The molecule has 0 aromatic carbocycles. The Morgan fingerprint density at radius 2 is 2.05 bits per heavy atom. The smallest absolute Gasteiger partial charge is 0.275 e. The lowest BCUT2D eigenvalue weighted by Gasteiger charge is -2.34. The van der Waals surface area contributed by atoms with Gasteiger partial charge < -0.3 is 10.0 Å². The number of aromatic nitrogens is 1. The molecule has 4 nitrogen and oxygen atoms in total. The third kappa shape index (κ3) is 3.97. The van der Waals surface area contributed by atoms with Gasteiger partial charge >= 0.3 is 0 Å². The van der Waals surface area contributed by atoms with Crippen LogP contribution < -0.4 is 0 Å². The summed E-state index contributed by atoms with van der Waals surface area (Å²) in [5, 5.41) is 8.98. The summed E-state index contributed by atoms with van der Waals surface area (Å²) >= 11 is 0. The molecule has 2 rings (SSSR count). The van der Waals surface area contributed by atoms with Gasteiger partial charge in [0.2, 0.25) is 0 Å². The summed E-state index contributed by atoms with van der Waals surface area (Å²) in [7, 11) is 0. The Hall–Kier alpha value is -1.56. The molecule has 0 spiro atoms. The molecule has 6 heteroatoms. The molecule has 1 aliphatic carbocycles. The van der Waals surface area contributed by atoms with Crippen LogP contribution in [0.15, 0.2) is 12.3 Å². The fraction of sp³-hybridized carbons (Fsp3) is 0.600. The van der Waals surface area contributed by atoms with Gasteiger partial charge in [0.25, 0.3) is 5.91 Å². The van der Waals surface area contributed by atoms with E-state index in [1.165, 1.54) is 0 Å². The third-order valence-electron chi connectivity index (χ3n) is 3.84. The lowest BCUT2D eigenvalue weighted by Crippen LogP contribution is -2.43. The highest BCUT2D eigenvalue weighted by molar-refractivity contribution is 5.92. The fourth-order valence-electron chi connectivity index (χ4n) is 2.79. The van der Waals surface area contributed by atoms with Gasteiger partial charge in [-0.2, -0.15) is 0 Å². The minimum atomic E-state index is -0.940. The summed E-state index contributed by atoms with van der Waals surface area (Å²) in [6.07, 6.45) is 6.24. The molecule has 1 fully saturated rings. The number of carbonyl (C=O) groups is 1. The number of aliphatic hydroxyl groups is 1. The molecule has 0 atom stereocenters. The topological polar surface area (TPSA) is 53.4 Å². The van der Waals surface area contributed by atoms with Crippen molar-refractivity contribution >= 4 is 5.91 Å². The predicted molar refractivity (Wildman–Crippen MR) is 73.8 cm³/mol. The van der Waals surface area contributed by atoms with Gasteiger partial charge in [0.1, 0.15) is 5.82 Å². The first-order valence-electron chi connectivity index (χ1n) is 7.36. The van der Waals surface area contributed by atoms with Crippen LogP contribution in [0.2, 0.25) is 0 Å². The van der Waals surface area contributed by atoms with Gasteiger partial charge in [-0.25, -0.2) is 13.8 Å². The number of carbonyl (C=O) groups excluding carboxylic acids is 1. The standard InChI is InChI=1S/C15H20F2N2O2/c16-11-9-13(17)14(18-10-11)15(21)19(7-4-8-20)12-5-2-1-3-6-12/h9-10,12,20H,1-8H2. The van der Waals surface area contributed by atoms with E-state index in [2.05, 4.69) is 4.98 Å². The highest BCUT2D eigenvalue weighted by Crippen LogP contribution is 2.24. The summed E-state index contributed by atoms with van der Waals surface area (Å²) < 4.78 is 26.7. The molecule has 0 aliphatic heterocycles. The van der Waals surface area contributed by atoms with E-state index in [1.807, 2.05) is 0 Å². The highest BCUT2D eigenvalue weighted by Gasteiger charge is 2.28. The lowest BCUT2D eigenvalue weighted by molar-refractivity contribution is 0.0607. The summed E-state index contributed by atoms with van der Waals surface area (Å²) in [5.74, 6) is -2.26. The van der Waals surface area contributed by atoms with Gasteiger partial charge in [0.15, 0.2) is 11.5 Å². The molecule has 1 amide bonds. The molecule has 0 bridgehead atoms. The second-order valence-corrected chi connectivity index (χ2v) is 5.35. The zero-order valence-electron chi connectivity index (χ0n) is 11.9. The van der Waals surface area contributed by atoms with Crippen molar-refractivity contribution in [1.82, 2.24) is 9.88 Å². The monoisotopic (exact) mass is 298 g/mol. The third-order valence-corrected chi connectivity index (χ3v) is 3.84. The van der Waals surface area contributed by atoms with Gasteiger partial charge in [0, 0.05) is 25.3 Å². The van der Waals surface area contributed by atoms with Crippen molar-refractivity contribution in [2.24, 2.45) is 0 Å². The van der Waals surface area contributed by atoms with Crippen LogP contribution in [0.3, 0.4) is 0 Å². The van der Waals surface area contributed by atoms with Crippen molar-refractivity contribution in [1.29, 1.82) is 0 Å². The van der Waals surface area contributed by atoms with Crippen molar-refractivity contribution in [3.63, 3.8) is 0 Å². The van der Waals surface area contributed by atoms with Gasteiger partial charge in [-0.15, -0.1) is 0 Å². The van der Waals surface area contributed by atoms with E-state index in [9.17, 15) is 13.6 Å². The fourth-order valence-corrected chi connectivity index (χ4v) is 2.79. The number of pyridine rings is 1. The van der Waals surface area contributed by atoms with Gasteiger partial charge in [-0.05, 0) is 19.3 Å². The first-order valence-corrected chi connectivity index (χ1v) is 7.36. The minimum absolute atomic E-state index is 0.0319. The molecule has 21 heavy (non-hydrogen) atoms. The zero-order valence-corrected chi connectivity index (χ0v) is 11.9.